The van der Waals surface area contributed by atoms with E-state index in [1.54, 1.807) is 33.9 Å². The van der Waals surface area contributed by atoms with E-state index in [1.165, 1.54) is 18.6 Å². The van der Waals surface area contributed by atoms with Crippen LogP contribution in [-0.4, -0.2) is 33.9 Å². The lowest BCUT2D eigenvalue weighted by Gasteiger charge is -2.30. The highest BCUT2D eigenvalue weighted by Gasteiger charge is 2.20. The topological polar surface area (TPSA) is 40.9 Å². The first-order valence-electron chi connectivity index (χ1n) is 9.29. The maximum absolute atomic E-state index is 13.2. The van der Waals surface area contributed by atoms with Crippen LogP contribution < -0.4 is 10.5 Å². The summed E-state index contributed by atoms with van der Waals surface area (Å²) in [5.74, 6) is -0.253. The molecule has 0 aliphatic carbocycles. The first-order chi connectivity index (χ1) is 13.0. The van der Waals surface area contributed by atoms with E-state index in [2.05, 4.69) is 16.7 Å². The lowest BCUT2D eigenvalue weighted by molar-refractivity contribution is 0.169. The third-order valence-electron chi connectivity index (χ3n) is 5.11. The van der Waals surface area contributed by atoms with Crippen molar-refractivity contribution >= 4 is 22.0 Å². The number of hydrogen-bond acceptors (Lipinski definition) is 5. The Kier molecular flexibility index (Phi) is 4.97. The molecule has 1 aliphatic rings. The summed E-state index contributed by atoms with van der Waals surface area (Å²) >= 11 is 1.57. The molecule has 0 amide bonds. The summed E-state index contributed by atoms with van der Waals surface area (Å²) < 4.78 is 15.0. The van der Waals surface area contributed by atoms with Crippen LogP contribution >= 0.6 is 11.3 Å². The predicted octanol–water partition coefficient (Wildman–Crippen LogP) is 3.44. The van der Waals surface area contributed by atoms with Gasteiger partial charge in [-0.05, 0) is 57.6 Å². The van der Waals surface area contributed by atoms with Crippen molar-refractivity contribution in [1.29, 1.82) is 0 Å². The summed E-state index contributed by atoms with van der Waals surface area (Å²) in [7, 11) is 0. The van der Waals surface area contributed by atoms with Crippen molar-refractivity contribution in [3.8, 4) is 0 Å². The zero-order valence-corrected chi connectivity index (χ0v) is 16.4. The lowest BCUT2D eigenvalue weighted by Crippen LogP contribution is -2.37. The van der Waals surface area contributed by atoms with Crippen LogP contribution in [0, 0.1) is 12.7 Å². The summed E-state index contributed by atoms with van der Waals surface area (Å²) in [5.41, 5.74) is 2.69. The second-order valence-corrected chi connectivity index (χ2v) is 8.11. The molecule has 5 nitrogen and oxygen atoms in total. The molecule has 4 rings (SSSR count). The highest BCUT2D eigenvalue weighted by Crippen LogP contribution is 2.24. The minimum atomic E-state index is -0.253. The molecule has 1 saturated heterocycles. The molecule has 142 valence electrons. The molecule has 0 saturated carbocycles. The van der Waals surface area contributed by atoms with Gasteiger partial charge in [0.05, 0.1) is 17.9 Å². The van der Waals surface area contributed by atoms with Crippen LogP contribution in [0.5, 0.6) is 0 Å². The molecule has 1 fully saturated rings. The van der Waals surface area contributed by atoms with Gasteiger partial charge >= 0.3 is 0 Å². The number of nitrogens with zero attached hydrogens (tertiary/aromatic N) is 4. The van der Waals surface area contributed by atoms with Crippen molar-refractivity contribution in [3.63, 3.8) is 0 Å². The van der Waals surface area contributed by atoms with Crippen LogP contribution in [0.25, 0.3) is 4.96 Å². The Morgan fingerprint density at radius 2 is 2.00 bits per heavy atom. The number of rotatable bonds is 6. The second-order valence-electron chi connectivity index (χ2n) is 6.93. The monoisotopic (exact) mass is 386 g/mol. The molecule has 7 heteroatoms. The Balaban J connectivity index is 1.64. The summed E-state index contributed by atoms with van der Waals surface area (Å²) in [5, 5.41) is 0. The Bertz CT molecular complexity index is 1010. The average molecular weight is 386 g/mol. The number of aryl methyl sites for hydroxylation is 1. The van der Waals surface area contributed by atoms with Gasteiger partial charge in [0.2, 0.25) is 0 Å². The van der Waals surface area contributed by atoms with Crippen LogP contribution in [0.4, 0.5) is 10.1 Å². The highest BCUT2D eigenvalue weighted by molar-refractivity contribution is 7.17. The van der Waals surface area contributed by atoms with E-state index in [0.29, 0.717) is 6.54 Å². The first kappa shape index (κ1) is 18.1. The van der Waals surface area contributed by atoms with Crippen LogP contribution in [0.3, 0.4) is 0 Å². The number of likely N-dealkylation sites (tertiary alicyclic amines) is 1. The van der Waals surface area contributed by atoms with Gasteiger partial charge in [0.25, 0.3) is 5.56 Å². The van der Waals surface area contributed by atoms with Crippen LogP contribution in [0.2, 0.25) is 0 Å². The number of halogens is 1. The van der Waals surface area contributed by atoms with Gasteiger partial charge in [-0.2, -0.15) is 0 Å². The Labute approximate surface area is 161 Å². The van der Waals surface area contributed by atoms with Gasteiger partial charge in [0.15, 0.2) is 4.96 Å². The minimum absolute atomic E-state index is 0.0231. The van der Waals surface area contributed by atoms with Crippen molar-refractivity contribution in [1.82, 2.24) is 14.3 Å². The molecule has 0 spiro atoms. The van der Waals surface area contributed by atoms with Gasteiger partial charge in [-0.25, -0.2) is 9.37 Å². The largest absolute Gasteiger partial charge is 0.366 e. The van der Waals surface area contributed by atoms with Crippen molar-refractivity contribution < 1.29 is 4.39 Å². The molecule has 0 radical (unpaired) electrons. The fourth-order valence-corrected chi connectivity index (χ4v) is 4.43. The van der Waals surface area contributed by atoms with Gasteiger partial charge in [-0.15, -0.1) is 11.3 Å². The number of aromatic nitrogens is 2. The van der Waals surface area contributed by atoms with Gasteiger partial charge in [-0.3, -0.25) is 14.1 Å². The molecule has 0 atom stereocenters. The van der Waals surface area contributed by atoms with Gasteiger partial charge in [0.1, 0.15) is 5.82 Å². The molecule has 3 aromatic rings. The first-order valence-corrected chi connectivity index (χ1v) is 10.1. The molecule has 0 unspecified atom stereocenters. The van der Waals surface area contributed by atoms with Gasteiger partial charge < -0.3 is 4.90 Å². The fraction of sp³-hybridized carbons (Fsp3) is 0.400. The van der Waals surface area contributed by atoms with Crippen molar-refractivity contribution in [2.24, 2.45) is 0 Å². The van der Waals surface area contributed by atoms with Crippen molar-refractivity contribution in [2.45, 2.75) is 33.4 Å². The van der Waals surface area contributed by atoms with E-state index in [4.69, 9.17) is 4.98 Å². The molecule has 27 heavy (non-hydrogen) atoms. The number of anilines is 1. The van der Waals surface area contributed by atoms with Crippen molar-refractivity contribution in [2.75, 3.05) is 24.5 Å². The highest BCUT2D eigenvalue weighted by atomic mass is 32.1. The van der Waals surface area contributed by atoms with E-state index in [0.717, 1.165) is 53.1 Å². The van der Waals surface area contributed by atoms with E-state index in [-0.39, 0.29) is 11.4 Å². The Morgan fingerprint density at radius 1 is 1.26 bits per heavy atom. The number of fused-ring (bicyclic) bond motifs is 1. The normalized spacial score (nSPS) is 14.5. The van der Waals surface area contributed by atoms with Gasteiger partial charge in [-0.1, -0.05) is 0 Å². The van der Waals surface area contributed by atoms with Crippen LogP contribution in [0.1, 0.15) is 29.6 Å². The maximum atomic E-state index is 13.2. The summed E-state index contributed by atoms with van der Waals surface area (Å²) in [4.78, 5) is 23.9. The molecule has 3 heterocycles. The fourth-order valence-electron chi connectivity index (χ4n) is 3.42. The SMILES string of the molecule is CCN(Cc1cc(=O)n2c(CN3CCC3)c(C)sc2n1)c1ccc(F)cc1. The quantitative estimate of drug-likeness (QED) is 0.651. The molecule has 2 aromatic heterocycles. The molecular formula is C20H23FN4OS. The molecule has 0 N–H and O–H groups in total. The lowest BCUT2D eigenvalue weighted by atomic mass is 10.2. The zero-order valence-electron chi connectivity index (χ0n) is 15.6. The number of benzene rings is 1. The van der Waals surface area contributed by atoms with Crippen LogP contribution in [0.15, 0.2) is 35.1 Å². The van der Waals surface area contributed by atoms with Crippen LogP contribution in [-0.2, 0) is 13.1 Å². The molecule has 1 aromatic carbocycles. The van der Waals surface area contributed by atoms with E-state index in [9.17, 15) is 9.18 Å². The Morgan fingerprint density at radius 3 is 2.63 bits per heavy atom. The third-order valence-corrected chi connectivity index (χ3v) is 6.11. The average Bonchev–Trinajstić information content (AvgIpc) is 2.92. The predicted molar refractivity (Wildman–Crippen MR) is 107 cm³/mol. The molecular weight excluding hydrogens is 363 g/mol. The zero-order chi connectivity index (χ0) is 19.0. The number of thiazole rings is 1. The maximum Gasteiger partial charge on any atom is 0.259 e. The standard InChI is InChI=1S/C20H23FN4OS/c1-3-24(17-7-5-15(21)6-8-17)12-16-11-19(26)25-18(13-23-9-4-10-23)14(2)27-20(25)22-16/h5-8,11H,3-4,9-10,12-13H2,1-2H3. The molecule has 1 aliphatic heterocycles. The smallest absolute Gasteiger partial charge is 0.259 e. The van der Waals surface area contributed by atoms with E-state index >= 15 is 0 Å². The Hall–Kier alpha value is -2.25. The summed E-state index contributed by atoms with van der Waals surface area (Å²) in [6.07, 6.45) is 1.23. The van der Waals surface area contributed by atoms with Crippen molar-refractivity contribution in [3.05, 3.63) is 62.8 Å². The minimum Gasteiger partial charge on any atom is -0.366 e. The van der Waals surface area contributed by atoms with Gasteiger partial charge in [0, 0.05) is 29.7 Å². The second kappa shape index (κ2) is 7.40. The molecule has 0 bridgehead atoms. The van der Waals surface area contributed by atoms with E-state index < -0.39 is 0 Å². The summed E-state index contributed by atoms with van der Waals surface area (Å²) in [6, 6.07) is 8.04. The van der Waals surface area contributed by atoms with E-state index in [1.807, 2.05) is 6.92 Å². The third kappa shape index (κ3) is 3.61. The number of hydrogen-bond donors (Lipinski definition) is 0. The summed E-state index contributed by atoms with van der Waals surface area (Å²) in [6.45, 7) is 8.37.